The normalized spacial score (nSPS) is 33.0. The van der Waals surface area contributed by atoms with Crippen LogP contribution in [0.3, 0.4) is 0 Å². The van der Waals surface area contributed by atoms with E-state index in [1.807, 2.05) is 10.9 Å². The average molecular weight is 284 g/mol. The van der Waals surface area contributed by atoms with E-state index in [0.717, 1.165) is 16.8 Å². The van der Waals surface area contributed by atoms with Gasteiger partial charge in [-0.05, 0) is 0 Å². The summed E-state index contributed by atoms with van der Waals surface area (Å²) < 4.78 is 25.6. The minimum Gasteiger partial charge on any atom is -0.386 e. The highest BCUT2D eigenvalue weighted by atomic mass is 19.1. The van der Waals surface area contributed by atoms with Crippen molar-refractivity contribution in [2.75, 3.05) is 13.7 Å². The fraction of sp³-hybridized carbons (Fsp3) is 0.500. The Bertz CT molecular complexity index is 648. The van der Waals surface area contributed by atoms with Gasteiger partial charge in [0.1, 0.15) is 12.2 Å². The molecule has 1 saturated heterocycles. The molecule has 0 radical (unpaired) electrons. The number of H-pyrrole nitrogens is 1. The quantitative estimate of drug-likeness (QED) is 0.679. The summed E-state index contributed by atoms with van der Waals surface area (Å²) in [4.78, 5) is 24.7. The zero-order valence-corrected chi connectivity index (χ0v) is 10.6. The van der Waals surface area contributed by atoms with Gasteiger partial charge in [-0.1, -0.05) is 5.92 Å². The summed E-state index contributed by atoms with van der Waals surface area (Å²) in [6.45, 7) is -0.0941. The molecule has 2 rings (SSSR count). The average Bonchev–Trinajstić information content (AvgIpc) is 2.65. The second-order valence-corrected chi connectivity index (χ2v) is 4.36. The molecule has 1 aromatic heterocycles. The van der Waals surface area contributed by atoms with E-state index in [1.54, 1.807) is 0 Å². The van der Waals surface area contributed by atoms with Crippen LogP contribution in [-0.4, -0.2) is 46.3 Å². The Morgan fingerprint density at radius 1 is 1.70 bits per heavy atom. The van der Waals surface area contributed by atoms with Gasteiger partial charge >= 0.3 is 5.69 Å². The van der Waals surface area contributed by atoms with Gasteiger partial charge in [-0.3, -0.25) is 14.3 Å². The summed E-state index contributed by atoms with van der Waals surface area (Å²) in [6, 6.07) is 1.03. The summed E-state index contributed by atoms with van der Waals surface area (Å²) in [5, 5.41) is 9.91. The minimum absolute atomic E-state index is 0.0941. The van der Waals surface area contributed by atoms with Crippen LogP contribution in [0.1, 0.15) is 6.23 Å². The Morgan fingerprint density at radius 2 is 2.40 bits per heavy atom. The van der Waals surface area contributed by atoms with Gasteiger partial charge in [-0.25, -0.2) is 9.18 Å². The standard InChI is InChI=1S/C12H13FN2O5/c1-3-12(13)9(17)7(6-19-2)20-10(12)15-5-4-8(16)14-11(15)18/h1,4-5,7,9-10,17H,6H2,2H3,(H,14,16,18)/t7-,9-,10-,12-/m1/s1. The van der Waals surface area contributed by atoms with Crippen LogP contribution in [0.5, 0.6) is 0 Å². The van der Waals surface area contributed by atoms with Crippen LogP contribution in [0, 0.1) is 12.3 Å². The molecule has 1 fully saturated rings. The van der Waals surface area contributed by atoms with Gasteiger partial charge in [0.15, 0.2) is 6.23 Å². The van der Waals surface area contributed by atoms with Crippen molar-refractivity contribution >= 4 is 0 Å². The van der Waals surface area contributed by atoms with Gasteiger partial charge in [0.05, 0.1) is 6.61 Å². The monoisotopic (exact) mass is 284 g/mol. The van der Waals surface area contributed by atoms with Gasteiger partial charge in [0.2, 0.25) is 5.67 Å². The predicted molar refractivity (Wildman–Crippen MR) is 65.8 cm³/mol. The Balaban J connectivity index is 2.47. The van der Waals surface area contributed by atoms with Crippen molar-refractivity contribution in [1.29, 1.82) is 0 Å². The summed E-state index contributed by atoms with van der Waals surface area (Å²) in [7, 11) is 1.35. The molecule has 0 unspecified atom stereocenters. The minimum atomic E-state index is -2.61. The number of nitrogens with zero attached hydrogens (tertiary/aromatic N) is 1. The maximum Gasteiger partial charge on any atom is 0.330 e. The van der Waals surface area contributed by atoms with Gasteiger partial charge < -0.3 is 14.6 Å². The summed E-state index contributed by atoms with van der Waals surface area (Å²) in [5.41, 5.74) is -4.13. The molecule has 0 aliphatic carbocycles. The number of rotatable bonds is 3. The number of hydrogen-bond donors (Lipinski definition) is 2. The fourth-order valence-corrected chi connectivity index (χ4v) is 2.09. The lowest BCUT2D eigenvalue weighted by Crippen LogP contribution is -2.45. The molecule has 0 bridgehead atoms. The highest BCUT2D eigenvalue weighted by Crippen LogP contribution is 2.40. The molecule has 0 spiro atoms. The first-order valence-corrected chi connectivity index (χ1v) is 5.74. The number of aromatic amines is 1. The third-order valence-corrected chi connectivity index (χ3v) is 3.10. The van der Waals surface area contributed by atoms with E-state index in [9.17, 15) is 19.1 Å². The van der Waals surface area contributed by atoms with E-state index in [2.05, 4.69) is 0 Å². The van der Waals surface area contributed by atoms with Crippen LogP contribution < -0.4 is 11.2 Å². The highest BCUT2D eigenvalue weighted by molar-refractivity contribution is 5.19. The summed E-state index contributed by atoms with van der Waals surface area (Å²) in [6.07, 6.45) is 1.96. The van der Waals surface area contributed by atoms with E-state index in [1.165, 1.54) is 7.11 Å². The maximum absolute atomic E-state index is 14.7. The van der Waals surface area contributed by atoms with Crippen LogP contribution in [0.15, 0.2) is 21.9 Å². The number of hydrogen-bond acceptors (Lipinski definition) is 5. The third-order valence-electron chi connectivity index (χ3n) is 3.10. The molecule has 108 valence electrons. The number of alkyl halides is 1. The smallest absolute Gasteiger partial charge is 0.330 e. The molecule has 1 aromatic rings. The molecule has 8 heteroatoms. The second-order valence-electron chi connectivity index (χ2n) is 4.36. The van der Waals surface area contributed by atoms with E-state index < -0.39 is 35.4 Å². The molecule has 0 saturated carbocycles. The molecular formula is C12H13FN2O5. The number of halogens is 1. The van der Waals surface area contributed by atoms with Crippen LogP contribution in [0.2, 0.25) is 0 Å². The van der Waals surface area contributed by atoms with E-state index >= 15 is 0 Å². The highest BCUT2D eigenvalue weighted by Gasteiger charge is 2.57. The van der Waals surface area contributed by atoms with Crippen molar-refractivity contribution in [3.8, 4) is 12.3 Å². The van der Waals surface area contributed by atoms with Crippen LogP contribution >= 0.6 is 0 Å². The molecule has 2 heterocycles. The molecule has 4 atom stereocenters. The van der Waals surface area contributed by atoms with E-state index in [-0.39, 0.29) is 6.61 Å². The van der Waals surface area contributed by atoms with Crippen molar-refractivity contribution < 1.29 is 19.0 Å². The molecule has 1 aliphatic rings. The first-order valence-electron chi connectivity index (χ1n) is 5.74. The number of nitrogens with one attached hydrogen (secondary N) is 1. The number of methoxy groups -OCH3 is 1. The van der Waals surface area contributed by atoms with Gasteiger partial charge in [-0.15, -0.1) is 6.42 Å². The Labute approximate surface area is 113 Å². The molecule has 2 N–H and O–H groups in total. The Morgan fingerprint density at radius 3 is 2.95 bits per heavy atom. The Hall–Kier alpha value is -1.95. The zero-order valence-electron chi connectivity index (χ0n) is 10.6. The lowest BCUT2D eigenvalue weighted by molar-refractivity contribution is -0.0610. The third kappa shape index (κ3) is 2.16. The number of aliphatic hydroxyl groups excluding tert-OH is 1. The molecule has 0 amide bonds. The van der Waals surface area contributed by atoms with Crippen molar-refractivity contribution in [2.24, 2.45) is 0 Å². The Kier molecular flexibility index (Phi) is 3.76. The summed E-state index contributed by atoms with van der Waals surface area (Å²) in [5.74, 6) is 1.82. The van der Waals surface area contributed by atoms with Crippen molar-refractivity contribution in [3.63, 3.8) is 0 Å². The maximum atomic E-state index is 14.7. The number of ether oxygens (including phenoxy) is 2. The SMILES string of the molecule is C#C[C@@]1(F)[C@H](O)[C@@H](COC)O[C@H]1n1ccc(=O)[nH]c1=O. The molecule has 7 nitrogen and oxygen atoms in total. The largest absolute Gasteiger partial charge is 0.386 e. The number of aromatic nitrogens is 2. The number of terminal acetylenes is 1. The van der Waals surface area contributed by atoms with Crippen molar-refractivity contribution in [2.45, 2.75) is 24.1 Å². The zero-order chi connectivity index (χ0) is 14.9. The van der Waals surface area contributed by atoms with Gasteiger partial charge in [0, 0.05) is 19.4 Å². The summed E-state index contributed by atoms with van der Waals surface area (Å²) >= 11 is 0. The van der Waals surface area contributed by atoms with Gasteiger partial charge in [0.25, 0.3) is 5.56 Å². The first-order chi connectivity index (χ1) is 9.43. The fourth-order valence-electron chi connectivity index (χ4n) is 2.09. The molecule has 1 aliphatic heterocycles. The molecular weight excluding hydrogens is 271 g/mol. The van der Waals surface area contributed by atoms with Gasteiger partial charge in [-0.2, -0.15) is 0 Å². The first kappa shape index (κ1) is 14.5. The molecule has 0 aromatic carbocycles. The molecule has 20 heavy (non-hydrogen) atoms. The predicted octanol–water partition coefficient (Wildman–Crippen LogP) is -1.22. The second kappa shape index (κ2) is 5.20. The lowest BCUT2D eigenvalue weighted by atomic mass is 9.97. The topological polar surface area (TPSA) is 93.5 Å². The lowest BCUT2D eigenvalue weighted by Gasteiger charge is -2.23. The van der Waals surface area contributed by atoms with Crippen molar-refractivity contribution in [3.05, 3.63) is 33.1 Å². The van der Waals surface area contributed by atoms with Crippen LogP contribution in [-0.2, 0) is 9.47 Å². The number of aliphatic hydroxyl groups is 1. The van der Waals surface area contributed by atoms with Crippen molar-refractivity contribution in [1.82, 2.24) is 9.55 Å². The van der Waals surface area contributed by atoms with Crippen LogP contribution in [0.4, 0.5) is 4.39 Å². The van der Waals surface area contributed by atoms with Crippen LogP contribution in [0.25, 0.3) is 0 Å². The van der Waals surface area contributed by atoms with E-state index in [0.29, 0.717) is 0 Å². The van der Waals surface area contributed by atoms with E-state index in [4.69, 9.17) is 15.9 Å².